The van der Waals surface area contributed by atoms with Crippen LogP contribution in [0.15, 0.2) is 24.3 Å². The molecule has 0 spiro atoms. The van der Waals surface area contributed by atoms with Gasteiger partial charge in [0.05, 0.1) is 0 Å². The summed E-state index contributed by atoms with van der Waals surface area (Å²) in [7, 11) is 0. The van der Waals surface area contributed by atoms with Gasteiger partial charge in [-0.25, -0.2) is 4.79 Å². The van der Waals surface area contributed by atoms with Crippen LogP contribution in [0.1, 0.15) is 59.1 Å². The molecule has 1 aromatic carbocycles. The number of alkyl carbamates (subject to hydrolysis) is 1. The van der Waals surface area contributed by atoms with Crippen molar-refractivity contribution >= 4 is 17.9 Å². The summed E-state index contributed by atoms with van der Waals surface area (Å²) < 4.78 is 5.18. The van der Waals surface area contributed by atoms with Crippen molar-refractivity contribution in [3.63, 3.8) is 0 Å². The van der Waals surface area contributed by atoms with Gasteiger partial charge in [-0.05, 0) is 55.9 Å². The second kappa shape index (κ2) is 7.53. The number of hydrogen-bond acceptors (Lipinski definition) is 3. The number of rotatable bonds is 4. The Labute approximate surface area is 140 Å². The first-order valence-electron chi connectivity index (χ1n) is 8.02. The topological polar surface area (TPSA) is 64.3 Å². The van der Waals surface area contributed by atoms with Crippen LogP contribution in [-0.2, 0) is 10.2 Å². The van der Waals surface area contributed by atoms with Crippen molar-refractivity contribution in [3.05, 3.63) is 35.4 Å². The third-order valence-electron chi connectivity index (χ3n) is 3.23. The number of nitrogen functional groups attached to an aromatic ring is 1. The first kappa shape index (κ1) is 19.1. The fraction of sp³-hybridized carbons (Fsp3) is 0.526. The van der Waals surface area contributed by atoms with E-state index in [9.17, 15) is 4.79 Å². The Bertz CT molecular complexity index is 564. The van der Waals surface area contributed by atoms with E-state index in [-0.39, 0.29) is 11.5 Å². The molecule has 3 N–H and O–H groups in total. The molecule has 1 amide bonds. The number of nitrogens with two attached hydrogens (primary N) is 1. The summed E-state index contributed by atoms with van der Waals surface area (Å²) in [5.41, 5.74) is 8.66. The highest BCUT2D eigenvalue weighted by molar-refractivity contribution is 5.68. The lowest BCUT2D eigenvalue weighted by Crippen LogP contribution is -2.32. The Kier molecular flexibility index (Phi) is 6.25. The van der Waals surface area contributed by atoms with Crippen LogP contribution >= 0.6 is 0 Å². The summed E-state index contributed by atoms with van der Waals surface area (Å²) in [6.45, 7) is 12.6. The van der Waals surface area contributed by atoms with Gasteiger partial charge in [0.25, 0.3) is 0 Å². The van der Waals surface area contributed by atoms with E-state index in [1.807, 2.05) is 39.0 Å². The Morgan fingerprint density at radius 1 is 1.22 bits per heavy atom. The van der Waals surface area contributed by atoms with E-state index in [4.69, 9.17) is 10.5 Å². The van der Waals surface area contributed by atoms with Crippen LogP contribution < -0.4 is 11.1 Å². The van der Waals surface area contributed by atoms with E-state index in [0.717, 1.165) is 17.7 Å². The van der Waals surface area contributed by atoms with Crippen LogP contribution in [0.25, 0.3) is 6.08 Å². The molecule has 0 unspecified atom stereocenters. The smallest absolute Gasteiger partial charge is 0.407 e. The molecule has 0 aliphatic carbocycles. The zero-order chi connectivity index (χ0) is 17.7. The van der Waals surface area contributed by atoms with Gasteiger partial charge in [-0.2, -0.15) is 0 Å². The van der Waals surface area contributed by atoms with Crippen molar-refractivity contribution in [1.29, 1.82) is 0 Å². The van der Waals surface area contributed by atoms with Crippen LogP contribution in [0, 0.1) is 0 Å². The first-order chi connectivity index (χ1) is 10.5. The van der Waals surface area contributed by atoms with E-state index in [1.165, 1.54) is 5.56 Å². The van der Waals surface area contributed by atoms with Gasteiger partial charge >= 0.3 is 6.09 Å². The summed E-state index contributed by atoms with van der Waals surface area (Å²) in [5, 5.41) is 2.73. The van der Waals surface area contributed by atoms with E-state index in [0.29, 0.717) is 6.54 Å². The molecule has 128 valence electrons. The predicted molar refractivity (Wildman–Crippen MR) is 97.4 cm³/mol. The summed E-state index contributed by atoms with van der Waals surface area (Å²) in [6.07, 6.45) is 4.34. The lowest BCUT2D eigenvalue weighted by molar-refractivity contribution is 0.0529. The molecule has 0 aliphatic rings. The van der Waals surface area contributed by atoms with E-state index < -0.39 is 5.60 Å². The van der Waals surface area contributed by atoms with Crippen molar-refractivity contribution in [2.24, 2.45) is 0 Å². The zero-order valence-electron chi connectivity index (χ0n) is 15.2. The monoisotopic (exact) mass is 318 g/mol. The Hall–Kier alpha value is -1.97. The molecule has 0 saturated heterocycles. The molecule has 4 heteroatoms. The maximum Gasteiger partial charge on any atom is 0.407 e. The summed E-state index contributed by atoms with van der Waals surface area (Å²) >= 11 is 0. The van der Waals surface area contributed by atoms with Crippen molar-refractivity contribution in [2.45, 2.75) is 59.0 Å². The highest BCUT2D eigenvalue weighted by Crippen LogP contribution is 2.26. The summed E-state index contributed by atoms with van der Waals surface area (Å²) in [6, 6.07) is 6.13. The molecule has 0 radical (unpaired) electrons. The highest BCUT2D eigenvalue weighted by atomic mass is 16.6. The zero-order valence-corrected chi connectivity index (χ0v) is 15.2. The second-order valence-electron chi connectivity index (χ2n) is 7.71. The summed E-state index contributed by atoms with van der Waals surface area (Å²) in [5.74, 6) is 0. The lowest BCUT2D eigenvalue weighted by Gasteiger charge is -2.20. The van der Waals surface area contributed by atoms with Gasteiger partial charge in [0.1, 0.15) is 5.60 Å². The van der Waals surface area contributed by atoms with Gasteiger partial charge in [0.15, 0.2) is 0 Å². The molecule has 4 nitrogen and oxygen atoms in total. The minimum Gasteiger partial charge on any atom is -0.444 e. The normalized spacial score (nSPS) is 12.4. The molecule has 0 aliphatic heterocycles. The third kappa shape index (κ3) is 7.22. The number of ether oxygens (including phenoxy) is 1. The Morgan fingerprint density at radius 2 is 1.87 bits per heavy atom. The number of nitrogens with one attached hydrogen (secondary N) is 1. The number of carbonyl (C=O) groups is 1. The highest BCUT2D eigenvalue weighted by Gasteiger charge is 2.15. The number of amides is 1. The molecular formula is C19H30N2O2. The predicted octanol–water partition coefficient (Wildman–Crippen LogP) is 4.49. The maximum atomic E-state index is 11.5. The maximum absolute atomic E-state index is 11.5. The van der Waals surface area contributed by atoms with Gasteiger partial charge < -0.3 is 15.8 Å². The van der Waals surface area contributed by atoms with Gasteiger partial charge in [-0.3, -0.25) is 0 Å². The largest absolute Gasteiger partial charge is 0.444 e. The van der Waals surface area contributed by atoms with Crippen molar-refractivity contribution in [3.8, 4) is 0 Å². The quantitative estimate of drug-likeness (QED) is 0.635. The van der Waals surface area contributed by atoms with Crippen LogP contribution in [-0.4, -0.2) is 18.2 Å². The van der Waals surface area contributed by atoms with Crippen LogP contribution in [0.5, 0.6) is 0 Å². The fourth-order valence-electron chi connectivity index (χ4n) is 1.97. The molecule has 0 aromatic heterocycles. The molecule has 0 heterocycles. The van der Waals surface area contributed by atoms with E-state index in [1.54, 1.807) is 0 Å². The summed E-state index contributed by atoms with van der Waals surface area (Å²) in [4.78, 5) is 11.5. The average molecular weight is 318 g/mol. The van der Waals surface area contributed by atoms with Gasteiger partial charge in [0, 0.05) is 12.2 Å². The Morgan fingerprint density at radius 3 is 2.43 bits per heavy atom. The van der Waals surface area contributed by atoms with E-state index in [2.05, 4.69) is 38.2 Å². The third-order valence-corrected chi connectivity index (χ3v) is 3.23. The fourth-order valence-corrected chi connectivity index (χ4v) is 1.97. The van der Waals surface area contributed by atoms with Crippen LogP contribution in [0.2, 0.25) is 0 Å². The minimum atomic E-state index is -0.470. The number of anilines is 1. The van der Waals surface area contributed by atoms with Gasteiger partial charge in [-0.15, -0.1) is 0 Å². The van der Waals surface area contributed by atoms with Crippen molar-refractivity contribution in [1.82, 2.24) is 5.32 Å². The van der Waals surface area contributed by atoms with Crippen molar-refractivity contribution < 1.29 is 9.53 Å². The molecule has 1 aromatic rings. The molecule has 23 heavy (non-hydrogen) atoms. The second-order valence-corrected chi connectivity index (χ2v) is 7.71. The average Bonchev–Trinajstić information content (AvgIpc) is 2.36. The van der Waals surface area contributed by atoms with Crippen molar-refractivity contribution in [2.75, 3.05) is 12.3 Å². The Balaban J connectivity index is 2.54. The van der Waals surface area contributed by atoms with Crippen LogP contribution in [0.4, 0.5) is 10.5 Å². The lowest BCUT2D eigenvalue weighted by atomic mass is 9.86. The van der Waals surface area contributed by atoms with E-state index >= 15 is 0 Å². The number of hydrogen-bond donors (Lipinski definition) is 2. The first-order valence-corrected chi connectivity index (χ1v) is 8.02. The molecule has 0 saturated carbocycles. The SMILES string of the molecule is CC(C)(C)OC(=O)NCCC=Cc1cc(C(C)(C)C)ccc1N. The molecule has 0 fully saturated rings. The molecule has 1 rings (SSSR count). The number of benzene rings is 1. The molecule has 0 atom stereocenters. The molecule has 0 bridgehead atoms. The number of carbonyl (C=O) groups excluding carboxylic acids is 1. The standard InChI is InChI=1S/C19H30N2O2/c1-18(2,3)15-10-11-16(20)14(13-15)9-7-8-12-21-17(22)23-19(4,5)6/h7,9-11,13H,8,12,20H2,1-6H3,(H,21,22). The molecular weight excluding hydrogens is 288 g/mol. The van der Waals surface area contributed by atoms with Gasteiger partial charge in [-0.1, -0.05) is 39.0 Å². The van der Waals surface area contributed by atoms with Crippen LogP contribution in [0.3, 0.4) is 0 Å². The van der Waals surface area contributed by atoms with Gasteiger partial charge in [0.2, 0.25) is 0 Å². The minimum absolute atomic E-state index is 0.0918.